The van der Waals surface area contributed by atoms with E-state index < -0.39 is 33.1 Å². The molecule has 0 saturated carbocycles. The predicted molar refractivity (Wildman–Crippen MR) is 61.8 cm³/mol. The maximum Gasteiger partial charge on any atom is 0.296 e. The summed E-state index contributed by atoms with van der Waals surface area (Å²) in [7, 11) is -4.54. The number of anilines is 1. The highest BCUT2D eigenvalue weighted by atomic mass is 32.2. The second-order valence-corrected chi connectivity index (χ2v) is 4.97. The summed E-state index contributed by atoms with van der Waals surface area (Å²) in [5.41, 5.74) is -0.288. The van der Waals surface area contributed by atoms with E-state index in [0.29, 0.717) is 0 Å². The minimum Gasteiger partial charge on any atom is -0.508 e. The van der Waals surface area contributed by atoms with Crippen LogP contribution in [0, 0.1) is 0 Å². The number of hydrogen-bond donors (Lipinski definition) is 3. The van der Waals surface area contributed by atoms with Gasteiger partial charge in [-0.2, -0.15) is 8.42 Å². The Morgan fingerprint density at radius 1 is 1.33 bits per heavy atom. The lowest BCUT2D eigenvalue weighted by Gasteiger charge is -2.08. The SMILES string of the molecule is CC(=O)CC(=O)Nc1cc(O)ccc1S(=O)(=O)O. The molecule has 0 atom stereocenters. The largest absolute Gasteiger partial charge is 0.508 e. The normalized spacial score (nSPS) is 11.0. The van der Waals surface area contributed by atoms with Gasteiger partial charge in [-0.05, 0) is 19.1 Å². The third-order valence-electron chi connectivity index (χ3n) is 1.92. The smallest absolute Gasteiger partial charge is 0.296 e. The first-order chi connectivity index (χ1) is 8.20. The molecule has 7 nitrogen and oxygen atoms in total. The average Bonchev–Trinajstić information content (AvgIpc) is 2.13. The zero-order chi connectivity index (χ0) is 13.9. The third-order valence-corrected chi connectivity index (χ3v) is 2.84. The number of phenols is 1. The van der Waals surface area contributed by atoms with Crippen LogP contribution in [-0.2, 0) is 19.7 Å². The zero-order valence-corrected chi connectivity index (χ0v) is 10.2. The molecule has 0 radical (unpaired) electrons. The quantitative estimate of drug-likeness (QED) is 0.544. The molecule has 0 aliphatic heterocycles. The summed E-state index contributed by atoms with van der Waals surface area (Å²) in [5.74, 6) is -1.43. The van der Waals surface area contributed by atoms with Crippen LogP contribution < -0.4 is 5.32 Å². The second kappa shape index (κ2) is 5.15. The van der Waals surface area contributed by atoms with E-state index in [1.165, 1.54) is 6.92 Å². The Hall–Kier alpha value is -1.93. The molecule has 0 aromatic heterocycles. The number of carbonyl (C=O) groups is 2. The van der Waals surface area contributed by atoms with Gasteiger partial charge in [0.2, 0.25) is 5.91 Å². The summed E-state index contributed by atoms with van der Waals surface area (Å²) in [5, 5.41) is 11.3. The van der Waals surface area contributed by atoms with Crippen molar-refractivity contribution in [2.24, 2.45) is 0 Å². The Morgan fingerprint density at radius 3 is 2.44 bits per heavy atom. The van der Waals surface area contributed by atoms with Crippen molar-refractivity contribution in [1.82, 2.24) is 0 Å². The van der Waals surface area contributed by atoms with Crippen LogP contribution in [0.1, 0.15) is 13.3 Å². The van der Waals surface area contributed by atoms with Crippen molar-refractivity contribution < 1.29 is 27.7 Å². The lowest BCUT2D eigenvalue weighted by molar-refractivity contribution is -0.124. The fourth-order valence-electron chi connectivity index (χ4n) is 1.26. The molecule has 1 aromatic rings. The summed E-state index contributed by atoms with van der Waals surface area (Å²) in [6.07, 6.45) is -0.430. The molecule has 0 aliphatic rings. The first-order valence-electron chi connectivity index (χ1n) is 4.80. The Bertz CT molecular complexity index is 592. The van der Waals surface area contributed by atoms with E-state index in [2.05, 4.69) is 5.32 Å². The highest BCUT2D eigenvalue weighted by molar-refractivity contribution is 7.86. The molecule has 1 rings (SSSR count). The molecule has 0 spiro atoms. The van der Waals surface area contributed by atoms with E-state index in [-0.39, 0.29) is 11.4 Å². The van der Waals surface area contributed by atoms with Crippen LogP contribution in [0.4, 0.5) is 5.69 Å². The number of aromatic hydroxyl groups is 1. The van der Waals surface area contributed by atoms with E-state index in [1.54, 1.807) is 0 Å². The van der Waals surface area contributed by atoms with Gasteiger partial charge >= 0.3 is 0 Å². The van der Waals surface area contributed by atoms with E-state index >= 15 is 0 Å². The molecular weight excluding hydrogens is 262 g/mol. The van der Waals surface area contributed by atoms with Crippen LogP contribution in [0.5, 0.6) is 5.75 Å². The van der Waals surface area contributed by atoms with Gasteiger partial charge in [0.05, 0.1) is 12.1 Å². The molecule has 0 heterocycles. The molecule has 8 heteroatoms. The molecule has 1 amide bonds. The second-order valence-electron chi connectivity index (χ2n) is 3.58. The van der Waals surface area contributed by atoms with Gasteiger partial charge in [0, 0.05) is 6.07 Å². The fourth-order valence-corrected chi connectivity index (χ4v) is 1.89. The Kier molecular flexibility index (Phi) is 4.04. The first kappa shape index (κ1) is 14.1. The van der Waals surface area contributed by atoms with Crippen LogP contribution >= 0.6 is 0 Å². The Balaban J connectivity index is 3.11. The van der Waals surface area contributed by atoms with Gasteiger partial charge in [-0.15, -0.1) is 0 Å². The highest BCUT2D eigenvalue weighted by Crippen LogP contribution is 2.25. The molecule has 18 heavy (non-hydrogen) atoms. The standard InChI is InChI=1S/C10H11NO6S/c1-6(12)4-10(14)11-8-5-7(13)2-3-9(8)18(15,16)17/h2-3,5,13H,4H2,1H3,(H,11,14)(H,15,16,17). The number of hydrogen-bond acceptors (Lipinski definition) is 5. The molecule has 3 N–H and O–H groups in total. The Labute approximate surface area is 103 Å². The highest BCUT2D eigenvalue weighted by Gasteiger charge is 2.18. The molecule has 0 unspecified atom stereocenters. The maximum absolute atomic E-state index is 11.3. The van der Waals surface area contributed by atoms with Gasteiger partial charge in [0.1, 0.15) is 16.4 Å². The van der Waals surface area contributed by atoms with Crippen molar-refractivity contribution in [3.05, 3.63) is 18.2 Å². The third kappa shape index (κ3) is 3.82. The van der Waals surface area contributed by atoms with Crippen molar-refractivity contribution in [2.45, 2.75) is 18.2 Å². The van der Waals surface area contributed by atoms with Gasteiger partial charge in [0.15, 0.2) is 0 Å². The lowest BCUT2D eigenvalue weighted by atomic mass is 10.2. The van der Waals surface area contributed by atoms with Crippen molar-refractivity contribution >= 4 is 27.5 Å². The summed E-state index contributed by atoms with van der Waals surface area (Å²) < 4.78 is 31.0. The summed E-state index contributed by atoms with van der Waals surface area (Å²) >= 11 is 0. The van der Waals surface area contributed by atoms with Crippen molar-refractivity contribution in [1.29, 1.82) is 0 Å². The van der Waals surface area contributed by atoms with Crippen LogP contribution in [0.2, 0.25) is 0 Å². The van der Waals surface area contributed by atoms with Gasteiger partial charge in [-0.3, -0.25) is 14.1 Å². The zero-order valence-electron chi connectivity index (χ0n) is 9.37. The molecule has 0 bridgehead atoms. The van der Waals surface area contributed by atoms with E-state index in [0.717, 1.165) is 18.2 Å². The number of benzene rings is 1. The summed E-state index contributed by atoms with van der Waals surface area (Å²) in [4.78, 5) is 21.5. The van der Waals surface area contributed by atoms with Gasteiger partial charge in [0.25, 0.3) is 10.1 Å². The number of ketones is 1. The maximum atomic E-state index is 11.3. The average molecular weight is 273 g/mol. The first-order valence-corrected chi connectivity index (χ1v) is 6.24. The minimum absolute atomic E-state index is 0.288. The summed E-state index contributed by atoms with van der Waals surface area (Å²) in [6, 6.07) is 2.94. The molecule has 1 aromatic carbocycles. The van der Waals surface area contributed by atoms with Crippen molar-refractivity contribution in [3.63, 3.8) is 0 Å². The predicted octanol–water partition coefficient (Wildman–Crippen LogP) is 0.556. The van der Waals surface area contributed by atoms with Crippen LogP contribution in [0.15, 0.2) is 23.1 Å². The van der Waals surface area contributed by atoms with Crippen LogP contribution in [0.3, 0.4) is 0 Å². The monoisotopic (exact) mass is 273 g/mol. The number of carbonyl (C=O) groups excluding carboxylic acids is 2. The van der Waals surface area contributed by atoms with Gasteiger partial charge in [-0.1, -0.05) is 0 Å². The van der Waals surface area contributed by atoms with Crippen LogP contribution in [0.25, 0.3) is 0 Å². The molecule has 0 aliphatic carbocycles. The van der Waals surface area contributed by atoms with E-state index in [4.69, 9.17) is 4.55 Å². The van der Waals surface area contributed by atoms with E-state index in [1.807, 2.05) is 0 Å². The topological polar surface area (TPSA) is 121 Å². The fraction of sp³-hybridized carbons (Fsp3) is 0.200. The lowest BCUT2D eigenvalue weighted by Crippen LogP contribution is -2.16. The van der Waals surface area contributed by atoms with E-state index in [9.17, 15) is 23.1 Å². The number of rotatable bonds is 4. The molecule has 98 valence electrons. The molecular formula is C10H11NO6S. The number of Topliss-reactive ketones (excluding diaryl/α,β-unsaturated/α-hetero) is 1. The van der Waals surface area contributed by atoms with Gasteiger partial charge < -0.3 is 10.4 Å². The Morgan fingerprint density at radius 2 is 1.94 bits per heavy atom. The van der Waals surface area contributed by atoms with Crippen molar-refractivity contribution in [2.75, 3.05) is 5.32 Å². The van der Waals surface area contributed by atoms with Crippen LogP contribution in [-0.4, -0.2) is 29.8 Å². The summed E-state index contributed by atoms with van der Waals surface area (Å²) in [6.45, 7) is 1.20. The van der Waals surface area contributed by atoms with Crippen molar-refractivity contribution in [3.8, 4) is 5.75 Å². The number of phenolic OH excluding ortho intramolecular Hbond substituents is 1. The van der Waals surface area contributed by atoms with Gasteiger partial charge in [-0.25, -0.2) is 0 Å². The number of nitrogens with one attached hydrogen (secondary N) is 1. The molecule has 0 saturated heterocycles. The minimum atomic E-state index is -4.54. The molecule has 0 fully saturated rings. The number of amides is 1.